The van der Waals surface area contributed by atoms with Crippen LogP contribution in [0.15, 0.2) is 24.3 Å². The molecule has 0 bridgehead atoms. The van der Waals surface area contributed by atoms with Gasteiger partial charge in [0.1, 0.15) is 11.6 Å². The normalized spacial score (nSPS) is 12.3. The lowest BCUT2D eigenvalue weighted by molar-refractivity contribution is 0.431. The lowest BCUT2D eigenvalue weighted by Gasteiger charge is -2.19. The van der Waals surface area contributed by atoms with Crippen molar-refractivity contribution < 1.29 is 8.78 Å². The minimum Gasteiger partial charge on any atom is -0.312 e. The first-order chi connectivity index (χ1) is 7.90. The quantitative estimate of drug-likeness (QED) is 0.789. The van der Waals surface area contributed by atoms with Gasteiger partial charge < -0.3 is 5.32 Å². The molecule has 0 amide bonds. The van der Waals surface area contributed by atoms with Crippen LogP contribution in [0.4, 0.5) is 8.78 Å². The summed E-state index contributed by atoms with van der Waals surface area (Å²) in [5.41, 5.74) is 0.0973. The maximum Gasteiger partial charge on any atom is 0.133 e. The summed E-state index contributed by atoms with van der Waals surface area (Å²) < 4.78 is 26.5. The molecule has 1 aromatic carbocycles. The van der Waals surface area contributed by atoms with Gasteiger partial charge in [-0.1, -0.05) is 18.2 Å². The first kappa shape index (κ1) is 13.8. The molecule has 17 heavy (non-hydrogen) atoms. The second-order valence-corrected chi connectivity index (χ2v) is 5.00. The Labute approximate surface area is 102 Å². The van der Waals surface area contributed by atoms with E-state index in [1.54, 1.807) is 6.08 Å². The van der Waals surface area contributed by atoms with E-state index in [-0.39, 0.29) is 11.1 Å². The topological polar surface area (TPSA) is 12.0 Å². The Morgan fingerprint density at radius 3 is 2.29 bits per heavy atom. The van der Waals surface area contributed by atoms with Gasteiger partial charge >= 0.3 is 0 Å². The molecule has 0 saturated carbocycles. The molecule has 3 heteroatoms. The van der Waals surface area contributed by atoms with E-state index < -0.39 is 11.6 Å². The number of rotatable bonds is 4. The summed E-state index contributed by atoms with van der Waals surface area (Å²) in [5.74, 6) is -1.05. The minimum atomic E-state index is -0.523. The highest BCUT2D eigenvalue weighted by molar-refractivity contribution is 5.50. The lowest BCUT2D eigenvalue weighted by Crippen LogP contribution is -2.36. The summed E-state index contributed by atoms with van der Waals surface area (Å²) in [6.45, 7) is 7.02. The van der Waals surface area contributed by atoms with Crippen molar-refractivity contribution in [2.75, 3.05) is 6.54 Å². The highest BCUT2D eigenvalue weighted by Gasteiger charge is 2.07. The Balaban J connectivity index is 2.49. The summed E-state index contributed by atoms with van der Waals surface area (Å²) in [6, 6.07) is 3.88. The summed E-state index contributed by atoms with van der Waals surface area (Å²) in [5, 5.41) is 3.30. The molecular formula is C14H19F2N. The van der Waals surface area contributed by atoms with Crippen LogP contribution in [-0.2, 0) is 0 Å². The van der Waals surface area contributed by atoms with E-state index in [2.05, 4.69) is 26.1 Å². The molecule has 0 fully saturated rings. The highest BCUT2D eigenvalue weighted by atomic mass is 19.1. The molecule has 0 saturated heterocycles. The van der Waals surface area contributed by atoms with Gasteiger partial charge in [-0.2, -0.15) is 0 Å². The third-order valence-electron chi connectivity index (χ3n) is 2.25. The molecule has 1 nitrogen and oxygen atoms in total. The van der Waals surface area contributed by atoms with Gasteiger partial charge in [0.15, 0.2) is 0 Å². The van der Waals surface area contributed by atoms with E-state index >= 15 is 0 Å². The Kier molecular flexibility index (Phi) is 4.82. The molecule has 0 spiro atoms. The fourth-order valence-electron chi connectivity index (χ4n) is 1.40. The van der Waals surface area contributed by atoms with Gasteiger partial charge in [0.25, 0.3) is 0 Å². The fourth-order valence-corrected chi connectivity index (χ4v) is 1.40. The second-order valence-electron chi connectivity index (χ2n) is 5.00. The second kappa shape index (κ2) is 5.92. The third kappa shape index (κ3) is 5.09. The average molecular weight is 239 g/mol. The maximum absolute atomic E-state index is 13.2. The molecule has 0 radical (unpaired) electrons. The van der Waals surface area contributed by atoms with Crippen LogP contribution in [0, 0.1) is 11.6 Å². The largest absolute Gasteiger partial charge is 0.312 e. The molecule has 1 N–H and O–H groups in total. The summed E-state index contributed by atoms with van der Waals surface area (Å²) >= 11 is 0. The minimum absolute atomic E-state index is 0.0308. The molecule has 1 aromatic rings. The van der Waals surface area contributed by atoms with Crippen molar-refractivity contribution in [2.45, 2.75) is 32.7 Å². The summed E-state index contributed by atoms with van der Waals surface area (Å²) in [7, 11) is 0. The molecule has 0 aliphatic rings. The van der Waals surface area contributed by atoms with Gasteiger partial charge in [0, 0.05) is 11.1 Å². The summed E-state index contributed by atoms with van der Waals surface area (Å²) in [6.07, 6.45) is 4.01. The first-order valence-electron chi connectivity index (χ1n) is 5.76. The monoisotopic (exact) mass is 239 g/mol. The van der Waals surface area contributed by atoms with Crippen molar-refractivity contribution in [1.29, 1.82) is 0 Å². The smallest absolute Gasteiger partial charge is 0.133 e. The van der Waals surface area contributed by atoms with Gasteiger partial charge in [0.05, 0.1) is 0 Å². The van der Waals surface area contributed by atoms with Crippen molar-refractivity contribution in [3.63, 3.8) is 0 Å². The Morgan fingerprint density at radius 2 is 1.76 bits per heavy atom. The molecule has 0 aliphatic heterocycles. The van der Waals surface area contributed by atoms with Gasteiger partial charge in [-0.25, -0.2) is 8.78 Å². The SMILES string of the molecule is CC(C)(C)NCCC=Cc1c(F)cccc1F. The number of nitrogens with one attached hydrogen (secondary N) is 1. The van der Waals surface area contributed by atoms with E-state index in [0.717, 1.165) is 13.0 Å². The van der Waals surface area contributed by atoms with Crippen molar-refractivity contribution in [2.24, 2.45) is 0 Å². The Bertz CT molecular complexity index is 371. The van der Waals surface area contributed by atoms with Gasteiger partial charge in [-0.3, -0.25) is 0 Å². The molecule has 1 rings (SSSR count). The van der Waals surface area contributed by atoms with E-state index in [4.69, 9.17) is 0 Å². The number of benzene rings is 1. The molecule has 0 aromatic heterocycles. The standard InChI is InChI=1S/C14H19F2N/c1-14(2,3)17-10-5-4-7-11-12(15)8-6-9-13(11)16/h4,6-9,17H,5,10H2,1-3H3. The van der Waals surface area contributed by atoms with Crippen LogP contribution in [0.5, 0.6) is 0 Å². The molecule has 94 valence electrons. The van der Waals surface area contributed by atoms with Crippen LogP contribution < -0.4 is 5.32 Å². The van der Waals surface area contributed by atoms with E-state index in [0.29, 0.717) is 0 Å². The molecule has 0 heterocycles. The molecular weight excluding hydrogens is 220 g/mol. The summed E-state index contributed by atoms with van der Waals surface area (Å²) in [4.78, 5) is 0. The first-order valence-corrected chi connectivity index (χ1v) is 5.76. The number of hydrogen-bond donors (Lipinski definition) is 1. The van der Waals surface area contributed by atoms with Crippen molar-refractivity contribution in [3.05, 3.63) is 41.5 Å². The average Bonchev–Trinajstić information content (AvgIpc) is 2.20. The van der Waals surface area contributed by atoms with E-state index in [1.165, 1.54) is 24.3 Å². The highest BCUT2D eigenvalue weighted by Crippen LogP contribution is 2.13. The van der Waals surface area contributed by atoms with E-state index in [9.17, 15) is 8.78 Å². The van der Waals surface area contributed by atoms with Crippen molar-refractivity contribution in [1.82, 2.24) is 5.32 Å². The van der Waals surface area contributed by atoms with Crippen molar-refractivity contribution >= 4 is 6.08 Å². The van der Waals surface area contributed by atoms with E-state index in [1.807, 2.05) is 0 Å². The Morgan fingerprint density at radius 1 is 1.18 bits per heavy atom. The number of hydrogen-bond acceptors (Lipinski definition) is 1. The molecule has 0 aliphatic carbocycles. The lowest BCUT2D eigenvalue weighted by atomic mass is 10.1. The van der Waals surface area contributed by atoms with Gasteiger partial charge in [-0.05, 0) is 45.9 Å². The maximum atomic E-state index is 13.2. The van der Waals surface area contributed by atoms with Crippen LogP contribution in [0.2, 0.25) is 0 Å². The molecule has 0 atom stereocenters. The predicted molar refractivity (Wildman–Crippen MR) is 67.8 cm³/mol. The Hall–Kier alpha value is -1.22. The number of halogens is 2. The molecule has 0 unspecified atom stereocenters. The predicted octanol–water partition coefficient (Wildman–Crippen LogP) is 3.76. The van der Waals surface area contributed by atoms with Gasteiger partial charge in [-0.15, -0.1) is 0 Å². The fraction of sp³-hybridized carbons (Fsp3) is 0.429. The van der Waals surface area contributed by atoms with Crippen LogP contribution in [0.3, 0.4) is 0 Å². The van der Waals surface area contributed by atoms with Gasteiger partial charge in [0.2, 0.25) is 0 Å². The third-order valence-corrected chi connectivity index (χ3v) is 2.25. The van der Waals surface area contributed by atoms with Crippen LogP contribution in [0.25, 0.3) is 6.08 Å². The zero-order valence-electron chi connectivity index (χ0n) is 10.6. The zero-order chi connectivity index (χ0) is 12.9. The van der Waals surface area contributed by atoms with Crippen molar-refractivity contribution in [3.8, 4) is 0 Å². The zero-order valence-corrected chi connectivity index (χ0v) is 10.6. The van der Waals surface area contributed by atoms with Crippen LogP contribution >= 0.6 is 0 Å². The van der Waals surface area contributed by atoms with Crippen LogP contribution in [-0.4, -0.2) is 12.1 Å². The van der Waals surface area contributed by atoms with Crippen LogP contribution in [0.1, 0.15) is 32.8 Å².